The summed E-state index contributed by atoms with van der Waals surface area (Å²) in [6.07, 6.45) is 2.58. The largest absolute Gasteiger partial charge is 0.491 e. The third kappa shape index (κ3) is 5.85. The maximum Gasteiger partial charge on any atom is 0.257 e. The molecule has 0 saturated carbocycles. The number of amides is 1. The number of fused-ring (bicyclic) bond motifs is 2. The van der Waals surface area contributed by atoms with Crippen molar-refractivity contribution in [3.05, 3.63) is 59.2 Å². The molecule has 0 spiro atoms. The minimum Gasteiger partial charge on any atom is -0.491 e. The van der Waals surface area contributed by atoms with Crippen LogP contribution in [0.15, 0.2) is 42.5 Å². The van der Waals surface area contributed by atoms with Gasteiger partial charge in [0.05, 0.1) is 18.2 Å². The van der Waals surface area contributed by atoms with E-state index in [-0.39, 0.29) is 12.0 Å². The molecule has 3 aliphatic heterocycles. The van der Waals surface area contributed by atoms with E-state index in [2.05, 4.69) is 47.9 Å². The summed E-state index contributed by atoms with van der Waals surface area (Å²) in [6.45, 7) is 10.0. The predicted octanol–water partition coefficient (Wildman–Crippen LogP) is 3.19. The molecule has 194 valence electrons. The summed E-state index contributed by atoms with van der Waals surface area (Å²) >= 11 is 0. The number of carbonyl (C=O) groups excluding carboxylic acids is 1. The number of hydrogen-bond acceptors (Lipinski definition) is 6. The van der Waals surface area contributed by atoms with Crippen LogP contribution in [0, 0.1) is 0 Å². The first kappa shape index (κ1) is 25.1. The number of likely N-dealkylation sites (tertiary alicyclic amines) is 1. The van der Waals surface area contributed by atoms with Crippen LogP contribution >= 0.6 is 0 Å². The number of β-amino-alcohol motifs (C(OH)–C–C–N with tert-alkyl or cyclic N) is 1. The molecule has 7 heteroatoms. The van der Waals surface area contributed by atoms with E-state index in [4.69, 9.17) is 9.47 Å². The molecule has 0 bridgehead atoms. The van der Waals surface area contributed by atoms with Crippen molar-refractivity contribution >= 4 is 5.91 Å². The lowest BCUT2D eigenvalue weighted by Gasteiger charge is -2.34. The second-order valence-electron chi connectivity index (χ2n) is 10.6. The van der Waals surface area contributed by atoms with Crippen molar-refractivity contribution in [2.24, 2.45) is 0 Å². The number of carbonyl (C=O) groups is 1. The van der Waals surface area contributed by atoms with Crippen molar-refractivity contribution in [2.75, 3.05) is 45.9 Å². The van der Waals surface area contributed by atoms with E-state index in [1.54, 1.807) is 4.90 Å². The van der Waals surface area contributed by atoms with Gasteiger partial charge in [0, 0.05) is 51.4 Å². The van der Waals surface area contributed by atoms with E-state index in [0.717, 1.165) is 51.2 Å². The molecular weight excluding hydrogens is 454 g/mol. The van der Waals surface area contributed by atoms with E-state index in [9.17, 15) is 9.90 Å². The van der Waals surface area contributed by atoms with Gasteiger partial charge in [-0.1, -0.05) is 24.3 Å². The quantitative estimate of drug-likeness (QED) is 0.639. The Balaban J connectivity index is 1.16. The average molecular weight is 494 g/mol. The third-order valence-electron chi connectivity index (χ3n) is 7.71. The van der Waals surface area contributed by atoms with Gasteiger partial charge in [0.1, 0.15) is 24.2 Å². The number of benzene rings is 2. The summed E-state index contributed by atoms with van der Waals surface area (Å²) < 4.78 is 12.2. The van der Waals surface area contributed by atoms with Crippen LogP contribution in [0.4, 0.5) is 0 Å². The van der Waals surface area contributed by atoms with E-state index >= 15 is 0 Å². The van der Waals surface area contributed by atoms with Gasteiger partial charge in [-0.2, -0.15) is 0 Å². The van der Waals surface area contributed by atoms with Crippen molar-refractivity contribution in [1.29, 1.82) is 0 Å². The summed E-state index contributed by atoms with van der Waals surface area (Å²) in [7, 11) is 0. The highest BCUT2D eigenvalue weighted by Gasteiger charge is 2.28. The molecule has 3 aliphatic rings. The summed E-state index contributed by atoms with van der Waals surface area (Å²) in [6, 6.07) is 14.6. The Morgan fingerprint density at radius 3 is 2.58 bits per heavy atom. The molecule has 0 aromatic heterocycles. The first-order valence-corrected chi connectivity index (χ1v) is 13.4. The van der Waals surface area contributed by atoms with E-state index in [1.807, 2.05) is 18.2 Å². The average Bonchev–Trinajstić information content (AvgIpc) is 3.02. The van der Waals surface area contributed by atoms with Gasteiger partial charge in [-0.25, -0.2) is 0 Å². The fourth-order valence-electron chi connectivity index (χ4n) is 5.61. The zero-order valence-corrected chi connectivity index (χ0v) is 21.6. The topological polar surface area (TPSA) is 65.5 Å². The first-order valence-electron chi connectivity index (χ1n) is 13.4. The Bertz CT molecular complexity index is 1050. The second kappa shape index (κ2) is 11.2. The lowest BCUT2D eigenvalue weighted by molar-refractivity contribution is 0.0501. The van der Waals surface area contributed by atoms with Crippen LogP contribution in [0.5, 0.6) is 11.5 Å². The Hall–Kier alpha value is -2.61. The second-order valence-corrected chi connectivity index (χ2v) is 10.6. The van der Waals surface area contributed by atoms with Crippen LogP contribution in [0.2, 0.25) is 0 Å². The van der Waals surface area contributed by atoms with Crippen molar-refractivity contribution < 1.29 is 19.4 Å². The molecule has 0 unspecified atom stereocenters. The lowest BCUT2D eigenvalue weighted by Crippen LogP contribution is -2.44. The molecule has 1 fully saturated rings. The summed E-state index contributed by atoms with van der Waals surface area (Å²) in [5.74, 6) is 1.23. The SMILES string of the molecule is CC(C)N1CCC(Oc2ccc3c(c2)OCCN(C[C@H](O)CN2CCc4ccccc4C2)C3=O)CC1. The van der Waals surface area contributed by atoms with Gasteiger partial charge < -0.3 is 24.4 Å². The van der Waals surface area contributed by atoms with Crippen LogP contribution in [-0.2, 0) is 13.0 Å². The number of aliphatic hydroxyl groups is 1. The molecule has 2 aromatic carbocycles. The molecule has 1 amide bonds. The molecule has 1 N–H and O–H groups in total. The fraction of sp³-hybridized carbons (Fsp3) is 0.552. The van der Waals surface area contributed by atoms with Crippen LogP contribution in [0.3, 0.4) is 0 Å². The van der Waals surface area contributed by atoms with Crippen molar-refractivity contribution in [1.82, 2.24) is 14.7 Å². The standard InChI is InChI=1S/C29H39N3O4/c1-21(2)31-13-10-25(11-14-31)36-26-7-8-27-28(17-26)35-16-15-32(29(27)34)20-24(33)19-30-12-9-22-5-3-4-6-23(22)18-30/h3-8,17,21,24-25,33H,9-16,18-20H2,1-2H3/t24-/m1/s1. The van der Waals surface area contributed by atoms with Gasteiger partial charge in [-0.15, -0.1) is 0 Å². The van der Waals surface area contributed by atoms with Crippen LogP contribution < -0.4 is 9.47 Å². The van der Waals surface area contributed by atoms with Crippen molar-refractivity contribution in [3.8, 4) is 11.5 Å². The van der Waals surface area contributed by atoms with Crippen LogP contribution in [0.25, 0.3) is 0 Å². The Labute approximate surface area is 214 Å². The third-order valence-corrected chi connectivity index (χ3v) is 7.71. The van der Waals surface area contributed by atoms with Gasteiger partial charge in [0.2, 0.25) is 0 Å². The smallest absolute Gasteiger partial charge is 0.257 e. The Morgan fingerprint density at radius 2 is 1.81 bits per heavy atom. The molecule has 5 rings (SSSR count). The number of hydrogen-bond donors (Lipinski definition) is 1. The van der Waals surface area contributed by atoms with Gasteiger partial charge in [-0.3, -0.25) is 9.69 Å². The predicted molar refractivity (Wildman–Crippen MR) is 140 cm³/mol. The van der Waals surface area contributed by atoms with E-state index in [0.29, 0.717) is 43.6 Å². The van der Waals surface area contributed by atoms with Gasteiger partial charge >= 0.3 is 0 Å². The highest BCUT2D eigenvalue weighted by Crippen LogP contribution is 2.30. The van der Waals surface area contributed by atoms with Crippen molar-refractivity contribution in [3.63, 3.8) is 0 Å². The van der Waals surface area contributed by atoms with Gasteiger partial charge in [-0.05, 0) is 56.4 Å². The molecule has 1 saturated heterocycles. The molecule has 0 radical (unpaired) electrons. The number of aliphatic hydroxyl groups excluding tert-OH is 1. The normalized spacial score (nSPS) is 20.4. The van der Waals surface area contributed by atoms with Crippen molar-refractivity contribution in [2.45, 2.75) is 57.9 Å². The highest BCUT2D eigenvalue weighted by molar-refractivity contribution is 5.97. The summed E-state index contributed by atoms with van der Waals surface area (Å²) in [5.41, 5.74) is 3.25. The Kier molecular flexibility index (Phi) is 7.79. The maximum atomic E-state index is 13.3. The maximum absolute atomic E-state index is 13.3. The summed E-state index contributed by atoms with van der Waals surface area (Å²) in [5, 5.41) is 10.8. The fourth-order valence-corrected chi connectivity index (χ4v) is 5.61. The number of rotatable bonds is 7. The first-order chi connectivity index (χ1) is 17.5. The molecule has 36 heavy (non-hydrogen) atoms. The lowest BCUT2D eigenvalue weighted by atomic mass is 10.00. The summed E-state index contributed by atoms with van der Waals surface area (Å²) in [4.78, 5) is 19.8. The minimum atomic E-state index is -0.611. The molecular formula is C29H39N3O4. The zero-order chi connectivity index (χ0) is 25.1. The highest BCUT2D eigenvalue weighted by atomic mass is 16.5. The molecule has 2 aromatic rings. The van der Waals surface area contributed by atoms with Gasteiger partial charge in [0.25, 0.3) is 5.91 Å². The molecule has 0 aliphatic carbocycles. The van der Waals surface area contributed by atoms with Gasteiger partial charge in [0.15, 0.2) is 0 Å². The molecule has 3 heterocycles. The van der Waals surface area contributed by atoms with E-state index in [1.165, 1.54) is 11.1 Å². The number of nitrogens with zero attached hydrogens (tertiary/aromatic N) is 3. The van der Waals surface area contributed by atoms with E-state index < -0.39 is 6.10 Å². The zero-order valence-electron chi connectivity index (χ0n) is 21.6. The minimum absolute atomic E-state index is 0.0951. The molecule has 7 nitrogen and oxygen atoms in total. The number of piperidine rings is 1. The van der Waals surface area contributed by atoms with Crippen LogP contribution in [-0.4, -0.2) is 89.8 Å². The Morgan fingerprint density at radius 1 is 1.03 bits per heavy atom. The van der Waals surface area contributed by atoms with Crippen LogP contribution in [0.1, 0.15) is 48.2 Å². The number of ether oxygens (including phenoxy) is 2. The monoisotopic (exact) mass is 493 g/mol. The molecule has 1 atom stereocenters.